The molecule has 0 radical (unpaired) electrons. The molecular formula is C12H16BrNO. The first-order valence-electron chi connectivity index (χ1n) is 5.09. The Morgan fingerprint density at radius 3 is 2.47 bits per heavy atom. The fourth-order valence-electron chi connectivity index (χ4n) is 1.21. The summed E-state index contributed by atoms with van der Waals surface area (Å²) in [5.41, 5.74) is 0.759. The molecule has 0 heterocycles. The average Bonchev–Trinajstić information content (AvgIpc) is 2.18. The molecule has 0 aliphatic rings. The lowest BCUT2D eigenvalue weighted by molar-refractivity contribution is 0.0990. The van der Waals surface area contributed by atoms with E-state index in [0.717, 1.165) is 16.6 Å². The Morgan fingerprint density at radius 2 is 1.93 bits per heavy atom. The van der Waals surface area contributed by atoms with Crippen LogP contribution in [0.1, 0.15) is 24.2 Å². The molecule has 1 rings (SSSR count). The summed E-state index contributed by atoms with van der Waals surface area (Å²) in [5, 5.41) is 3.14. The third-order valence-corrected chi connectivity index (χ3v) is 2.53. The maximum absolute atomic E-state index is 11.7. The van der Waals surface area contributed by atoms with Crippen LogP contribution in [-0.4, -0.2) is 18.9 Å². The van der Waals surface area contributed by atoms with Crippen molar-refractivity contribution in [2.24, 2.45) is 5.92 Å². The third kappa shape index (κ3) is 4.58. The minimum Gasteiger partial charge on any atom is -0.309 e. The summed E-state index contributed by atoms with van der Waals surface area (Å²) in [4.78, 5) is 11.7. The van der Waals surface area contributed by atoms with E-state index < -0.39 is 0 Å². The van der Waals surface area contributed by atoms with Gasteiger partial charge in [0, 0.05) is 10.0 Å². The van der Waals surface area contributed by atoms with E-state index in [-0.39, 0.29) is 5.78 Å². The van der Waals surface area contributed by atoms with E-state index in [4.69, 9.17) is 0 Å². The monoisotopic (exact) mass is 269 g/mol. The molecule has 0 saturated heterocycles. The highest BCUT2D eigenvalue weighted by Crippen LogP contribution is 2.10. The number of hydrogen-bond donors (Lipinski definition) is 1. The number of ketones is 1. The van der Waals surface area contributed by atoms with Crippen LogP contribution in [0.25, 0.3) is 0 Å². The van der Waals surface area contributed by atoms with Crippen LogP contribution in [0.3, 0.4) is 0 Å². The molecule has 0 amide bonds. The number of nitrogens with one attached hydrogen (secondary N) is 1. The molecule has 0 aliphatic heterocycles. The Hall–Kier alpha value is -0.670. The third-order valence-electron chi connectivity index (χ3n) is 2.00. The molecule has 0 atom stereocenters. The summed E-state index contributed by atoms with van der Waals surface area (Å²) in [7, 11) is 0. The van der Waals surface area contributed by atoms with Gasteiger partial charge in [-0.05, 0) is 24.6 Å². The number of carbonyl (C=O) groups excluding carboxylic acids is 1. The standard InChI is InChI=1S/C12H16BrNO/c1-9(2)7-14-8-12(15)10-3-5-11(13)6-4-10/h3-6,9,14H,7-8H2,1-2H3. The van der Waals surface area contributed by atoms with Gasteiger partial charge in [-0.15, -0.1) is 0 Å². The summed E-state index contributed by atoms with van der Waals surface area (Å²) in [6.45, 7) is 5.54. The molecule has 2 nitrogen and oxygen atoms in total. The number of halogens is 1. The van der Waals surface area contributed by atoms with Crippen LogP contribution in [0.4, 0.5) is 0 Å². The van der Waals surface area contributed by atoms with Crippen LogP contribution in [-0.2, 0) is 0 Å². The summed E-state index contributed by atoms with van der Waals surface area (Å²) >= 11 is 3.34. The molecule has 1 N–H and O–H groups in total. The van der Waals surface area contributed by atoms with Gasteiger partial charge in [0.15, 0.2) is 5.78 Å². The minimum absolute atomic E-state index is 0.142. The van der Waals surface area contributed by atoms with Gasteiger partial charge in [-0.1, -0.05) is 41.9 Å². The fraction of sp³-hybridized carbons (Fsp3) is 0.417. The van der Waals surface area contributed by atoms with Gasteiger partial charge in [-0.2, -0.15) is 0 Å². The molecule has 0 fully saturated rings. The normalized spacial score (nSPS) is 10.7. The smallest absolute Gasteiger partial charge is 0.176 e. The lowest BCUT2D eigenvalue weighted by atomic mass is 10.1. The lowest BCUT2D eigenvalue weighted by Crippen LogP contribution is -2.26. The van der Waals surface area contributed by atoms with Crippen LogP contribution >= 0.6 is 15.9 Å². The van der Waals surface area contributed by atoms with Crippen molar-refractivity contribution < 1.29 is 4.79 Å². The number of rotatable bonds is 5. The molecule has 0 aliphatic carbocycles. The van der Waals surface area contributed by atoms with Gasteiger partial charge >= 0.3 is 0 Å². The van der Waals surface area contributed by atoms with E-state index >= 15 is 0 Å². The Kier molecular flexibility index (Phi) is 4.99. The Bertz CT molecular complexity index is 319. The maximum atomic E-state index is 11.7. The van der Waals surface area contributed by atoms with E-state index in [0.29, 0.717) is 12.5 Å². The first-order valence-corrected chi connectivity index (χ1v) is 5.88. The number of carbonyl (C=O) groups is 1. The summed E-state index contributed by atoms with van der Waals surface area (Å²) in [6, 6.07) is 7.44. The van der Waals surface area contributed by atoms with Gasteiger partial charge in [0.2, 0.25) is 0 Å². The largest absolute Gasteiger partial charge is 0.309 e. The molecule has 0 aromatic heterocycles. The van der Waals surface area contributed by atoms with Gasteiger partial charge in [0.1, 0.15) is 0 Å². The van der Waals surface area contributed by atoms with Crippen LogP contribution in [0.2, 0.25) is 0 Å². The van der Waals surface area contributed by atoms with Crippen molar-refractivity contribution in [3.63, 3.8) is 0 Å². The van der Waals surface area contributed by atoms with E-state index in [1.807, 2.05) is 24.3 Å². The molecule has 0 spiro atoms. The van der Waals surface area contributed by atoms with Crippen LogP contribution in [0.15, 0.2) is 28.7 Å². The van der Waals surface area contributed by atoms with Gasteiger partial charge < -0.3 is 5.32 Å². The molecule has 1 aromatic carbocycles. The molecule has 0 saturated carbocycles. The van der Waals surface area contributed by atoms with E-state index in [1.54, 1.807) is 0 Å². The van der Waals surface area contributed by atoms with Gasteiger partial charge in [0.25, 0.3) is 0 Å². The highest BCUT2D eigenvalue weighted by Gasteiger charge is 2.04. The lowest BCUT2D eigenvalue weighted by Gasteiger charge is -2.06. The maximum Gasteiger partial charge on any atom is 0.176 e. The first kappa shape index (κ1) is 12.4. The zero-order valence-electron chi connectivity index (χ0n) is 9.09. The van der Waals surface area contributed by atoms with Crippen molar-refractivity contribution in [3.8, 4) is 0 Å². The topological polar surface area (TPSA) is 29.1 Å². The summed E-state index contributed by atoms with van der Waals surface area (Å²) < 4.78 is 0.995. The predicted molar refractivity (Wildman–Crippen MR) is 66.2 cm³/mol. The first-order chi connectivity index (χ1) is 7.09. The van der Waals surface area contributed by atoms with Crippen molar-refractivity contribution >= 4 is 21.7 Å². The quantitative estimate of drug-likeness (QED) is 0.833. The number of Topliss-reactive ketones (excluding diaryl/α,β-unsaturated/α-hetero) is 1. The van der Waals surface area contributed by atoms with Gasteiger partial charge in [-0.3, -0.25) is 4.79 Å². The number of hydrogen-bond acceptors (Lipinski definition) is 2. The van der Waals surface area contributed by atoms with Crippen molar-refractivity contribution in [1.29, 1.82) is 0 Å². The highest BCUT2D eigenvalue weighted by atomic mass is 79.9. The fourth-order valence-corrected chi connectivity index (χ4v) is 1.48. The van der Waals surface area contributed by atoms with Crippen molar-refractivity contribution in [3.05, 3.63) is 34.3 Å². The SMILES string of the molecule is CC(C)CNCC(=O)c1ccc(Br)cc1. The molecule has 82 valence electrons. The van der Waals surface area contributed by atoms with E-state index in [1.165, 1.54) is 0 Å². The van der Waals surface area contributed by atoms with Crippen LogP contribution in [0.5, 0.6) is 0 Å². The Labute approximate surface area is 99.2 Å². The minimum atomic E-state index is 0.142. The van der Waals surface area contributed by atoms with Crippen LogP contribution < -0.4 is 5.32 Å². The summed E-state index contributed by atoms with van der Waals surface area (Å²) in [6.07, 6.45) is 0. The molecule has 1 aromatic rings. The Balaban J connectivity index is 2.43. The second kappa shape index (κ2) is 6.03. The highest BCUT2D eigenvalue weighted by molar-refractivity contribution is 9.10. The average molecular weight is 270 g/mol. The van der Waals surface area contributed by atoms with Crippen molar-refractivity contribution in [1.82, 2.24) is 5.32 Å². The predicted octanol–water partition coefficient (Wildman–Crippen LogP) is 2.88. The van der Waals surface area contributed by atoms with E-state index in [9.17, 15) is 4.79 Å². The Morgan fingerprint density at radius 1 is 1.33 bits per heavy atom. The van der Waals surface area contributed by atoms with Crippen LogP contribution in [0, 0.1) is 5.92 Å². The second-order valence-corrected chi connectivity index (χ2v) is 4.87. The zero-order valence-corrected chi connectivity index (χ0v) is 10.7. The second-order valence-electron chi connectivity index (χ2n) is 3.95. The zero-order chi connectivity index (χ0) is 11.3. The van der Waals surface area contributed by atoms with Crippen molar-refractivity contribution in [2.45, 2.75) is 13.8 Å². The van der Waals surface area contributed by atoms with Gasteiger partial charge in [0.05, 0.1) is 6.54 Å². The molecule has 15 heavy (non-hydrogen) atoms. The molecule has 0 unspecified atom stereocenters. The van der Waals surface area contributed by atoms with Gasteiger partial charge in [-0.25, -0.2) is 0 Å². The molecule has 0 bridgehead atoms. The van der Waals surface area contributed by atoms with Crippen molar-refractivity contribution in [2.75, 3.05) is 13.1 Å². The molecule has 3 heteroatoms. The molecular weight excluding hydrogens is 254 g/mol. The summed E-state index contributed by atoms with van der Waals surface area (Å²) in [5.74, 6) is 0.714. The van der Waals surface area contributed by atoms with E-state index in [2.05, 4.69) is 35.1 Å². The number of benzene rings is 1.